The Kier molecular flexibility index (Phi) is 4.67. The van der Waals surface area contributed by atoms with Gasteiger partial charge in [0.1, 0.15) is 5.52 Å². The number of benzene rings is 1. The smallest absolute Gasteiger partial charge is 0.255 e. The van der Waals surface area contributed by atoms with Crippen LogP contribution in [0.1, 0.15) is 28.8 Å². The van der Waals surface area contributed by atoms with E-state index in [1.807, 2.05) is 22.8 Å². The largest absolute Gasteiger partial charge is 0.391 e. The summed E-state index contributed by atoms with van der Waals surface area (Å²) in [6, 6.07) is 12.1. The molecule has 26 heavy (non-hydrogen) atoms. The zero-order valence-corrected chi connectivity index (χ0v) is 14.6. The van der Waals surface area contributed by atoms with Crippen LogP contribution in [0.4, 0.5) is 0 Å². The first kappa shape index (κ1) is 16.7. The van der Waals surface area contributed by atoms with Crippen LogP contribution in [0.5, 0.6) is 0 Å². The van der Waals surface area contributed by atoms with Crippen molar-refractivity contribution in [1.82, 2.24) is 19.4 Å². The highest BCUT2D eigenvalue weighted by atomic mass is 16.3. The van der Waals surface area contributed by atoms with Crippen LogP contribution in [0.3, 0.4) is 0 Å². The van der Waals surface area contributed by atoms with E-state index in [2.05, 4.69) is 22.1 Å². The first-order chi connectivity index (χ1) is 12.7. The third-order valence-electron chi connectivity index (χ3n) is 4.87. The molecule has 1 amide bonds. The number of aliphatic hydroxyl groups is 1. The molecule has 2 aromatic heterocycles. The molecule has 0 bridgehead atoms. The lowest BCUT2D eigenvalue weighted by molar-refractivity contribution is 0.0473. The average Bonchev–Trinajstić information content (AvgIpc) is 3.09. The molecule has 6 heteroatoms. The molecule has 1 fully saturated rings. The zero-order valence-electron chi connectivity index (χ0n) is 14.6. The average molecular weight is 350 g/mol. The summed E-state index contributed by atoms with van der Waals surface area (Å²) < 4.78 is 2.02. The summed E-state index contributed by atoms with van der Waals surface area (Å²) >= 11 is 0. The van der Waals surface area contributed by atoms with Gasteiger partial charge in [0.2, 0.25) is 0 Å². The molecule has 1 atom stereocenters. The van der Waals surface area contributed by atoms with E-state index in [1.165, 1.54) is 5.56 Å². The van der Waals surface area contributed by atoms with E-state index in [4.69, 9.17) is 0 Å². The zero-order chi connectivity index (χ0) is 17.9. The van der Waals surface area contributed by atoms with Crippen LogP contribution in [-0.4, -0.2) is 49.6 Å². The molecule has 1 aliphatic rings. The van der Waals surface area contributed by atoms with Gasteiger partial charge in [-0.1, -0.05) is 30.3 Å². The first-order valence-corrected chi connectivity index (χ1v) is 9.03. The third kappa shape index (κ3) is 3.46. The molecule has 0 spiro atoms. The Hall–Kier alpha value is -2.73. The molecular formula is C20H22N4O2. The van der Waals surface area contributed by atoms with Gasteiger partial charge in [-0.3, -0.25) is 4.79 Å². The molecule has 1 aliphatic heterocycles. The van der Waals surface area contributed by atoms with Crippen molar-refractivity contribution in [2.45, 2.75) is 31.9 Å². The lowest BCUT2D eigenvalue weighted by Gasteiger charge is -2.30. The maximum Gasteiger partial charge on any atom is 0.255 e. The Balaban J connectivity index is 1.50. The number of aromatic nitrogens is 3. The molecular weight excluding hydrogens is 328 g/mol. The molecule has 134 valence electrons. The van der Waals surface area contributed by atoms with Gasteiger partial charge in [0.05, 0.1) is 18.0 Å². The van der Waals surface area contributed by atoms with E-state index < -0.39 is 6.10 Å². The van der Waals surface area contributed by atoms with Crippen molar-refractivity contribution in [2.24, 2.45) is 0 Å². The van der Waals surface area contributed by atoms with Gasteiger partial charge in [0.15, 0.2) is 5.65 Å². The summed E-state index contributed by atoms with van der Waals surface area (Å²) in [6.07, 6.45) is 5.46. The number of hydrogen-bond acceptors (Lipinski definition) is 4. The number of fused-ring (bicyclic) bond motifs is 1. The van der Waals surface area contributed by atoms with E-state index in [0.717, 1.165) is 37.0 Å². The van der Waals surface area contributed by atoms with Gasteiger partial charge in [-0.05, 0) is 30.9 Å². The molecule has 3 aromatic rings. The second kappa shape index (κ2) is 7.25. The molecule has 4 rings (SSSR count). The Morgan fingerprint density at radius 2 is 2.08 bits per heavy atom. The van der Waals surface area contributed by atoms with Crippen molar-refractivity contribution in [2.75, 3.05) is 13.1 Å². The fourth-order valence-electron chi connectivity index (χ4n) is 3.45. The molecule has 3 heterocycles. The van der Waals surface area contributed by atoms with E-state index in [0.29, 0.717) is 18.7 Å². The number of imidazole rings is 1. The Labute approximate surface area is 152 Å². The maximum absolute atomic E-state index is 12.6. The maximum atomic E-state index is 12.6. The number of piperidine rings is 1. The Morgan fingerprint density at radius 3 is 2.88 bits per heavy atom. The molecule has 0 aliphatic carbocycles. The lowest BCUT2D eigenvalue weighted by Crippen LogP contribution is -2.42. The number of hydrogen-bond donors (Lipinski definition) is 1. The van der Waals surface area contributed by atoms with Crippen LogP contribution < -0.4 is 0 Å². The van der Waals surface area contributed by atoms with Crippen molar-refractivity contribution in [3.63, 3.8) is 0 Å². The van der Waals surface area contributed by atoms with Gasteiger partial charge < -0.3 is 14.6 Å². The van der Waals surface area contributed by atoms with Gasteiger partial charge in [-0.15, -0.1) is 0 Å². The van der Waals surface area contributed by atoms with Crippen LogP contribution in [0, 0.1) is 0 Å². The standard InChI is InChI=1S/C20H22N4O2/c25-17-7-4-9-23(13-17)20(26)16-11-18-19(21-12-16)24(14-22-18)10-8-15-5-2-1-3-6-15/h1-3,5-6,11-12,14,17,25H,4,7-10,13H2. The fourth-order valence-corrected chi connectivity index (χ4v) is 3.45. The number of aryl methyl sites for hydroxylation is 2. The number of pyridine rings is 1. The van der Waals surface area contributed by atoms with Crippen LogP contribution in [-0.2, 0) is 13.0 Å². The summed E-state index contributed by atoms with van der Waals surface area (Å²) in [5.74, 6) is -0.0861. The molecule has 1 saturated heterocycles. The second-order valence-corrected chi connectivity index (χ2v) is 6.79. The molecule has 6 nitrogen and oxygen atoms in total. The van der Waals surface area contributed by atoms with Gasteiger partial charge in [0, 0.05) is 25.8 Å². The number of β-amino-alcohol motifs (C(OH)–C–C–N with tert-alkyl or cyclic N) is 1. The predicted octanol–water partition coefficient (Wildman–Crippen LogP) is 2.27. The number of nitrogens with zero attached hydrogens (tertiary/aromatic N) is 4. The lowest BCUT2D eigenvalue weighted by atomic mass is 10.1. The van der Waals surface area contributed by atoms with E-state index in [9.17, 15) is 9.90 Å². The molecule has 0 radical (unpaired) electrons. The van der Waals surface area contributed by atoms with Crippen LogP contribution >= 0.6 is 0 Å². The molecule has 0 saturated carbocycles. The molecule has 1 aromatic carbocycles. The highest BCUT2D eigenvalue weighted by Gasteiger charge is 2.23. The third-order valence-corrected chi connectivity index (χ3v) is 4.87. The number of carbonyl (C=O) groups excluding carboxylic acids is 1. The van der Waals surface area contributed by atoms with Gasteiger partial charge in [0.25, 0.3) is 5.91 Å². The quantitative estimate of drug-likeness (QED) is 0.784. The number of carbonyl (C=O) groups is 1. The number of aliphatic hydroxyl groups excluding tert-OH is 1. The summed E-state index contributed by atoms with van der Waals surface area (Å²) in [7, 11) is 0. The first-order valence-electron chi connectivity index (χ1n) is 9.03. The van der Waals surface area contributed by atoms with Crippen LogP contribution in [0.2, 0.25) is 0 Å². The minimum absolute atomic E-state index is 0.0861. The van der Waals surface area contributed by atoms with E-state index in [1.54, 1.807) is 23.5 Å². The summed E-state index contributed by atoms with van der Waals surface area (Å²) in [4.78, 5) is 23.2. The SMILES string of the molecule is O=C(c1cnc2c(c1)ncn2CCc1ccccc1)N1CCCC(O)C1. The number of likely N-dealkylation sites (tertiary alicyclic amines) is 1. The minimum atomic E-state index is -0.429. The Morgan fingerprint density at radius 1 is 1.23 bits per heavy atom. The number of amides is 1. The normalized spacial score (nSPS) is 17.6. The topological polar surface area (TPSA) is 71.2 Å². The van der Waals surface area contributed by atoms with Gasteiger partial charge in [-0.2, -0.15) is 0 Å². The molecule has 1 N–H and O–H groups in total. The van der Waals surface area contributed by atoms with Crippen LogP contribution in [0.25, 0.3) is 11.2 Å². The van der Waals surface area contributed by atoms with Gasteiger partial charge in [-0.25, -0.2) is 9.97 Å². The van der Waals surface area contributed by atoms with Crippen molar-refractivity contribution < 1.29 is 9.90 Å². The summed E-state index contributed by atoms with van der Waals surface area (Å²) in [5, 5.41) is 9.78. The monoisotopic (exact) mass is 350 g/mol. The fraction of sp³-hybridized carbons (Fsp3) is 0.350. The highest BCUT2D eigenvalue weighted by Crippen LogP contribution is 2.17. The molecule has 1 unspecified atom stereocenters. The van der Waals surface area contributed by atoms with Gasteiger partial charge >= 0.3 is 0 Å². The number of rotatable bonds is 4. The highest BCUT2D eigenvalue weighted by molar-refractivity contribution is 5.96. The van der Waals surface area contributed by atoms with Crippen molar-refractivity contribution in [3.8, 4) is 0 Å². The second-order valence-electron chi connectivity index (χ2n) is 6.79. The van der Waals surface area contributed by atoms with Crippen molar-refractivity contribution >= 4 is 17.1 Å². The van der Waals surface area contributed by atoms with E-state index in [-0.39, 0.29) is 5.91 Å². The van der Waals surface area contributed by atoms with Crippen molar-refractivity contribution in [3.05, 3.63) is 60.0 Å². The summed E-state index contributed by atoms with van der Waals surface area (Å²) in [5.41, 5.74) is 3.31. The summed E-state index contributed by atoms with van der Waals surface area (Å²) in [6.45, 7) is 1.86. The van der Waals surface area contributed by atoms with Crippen LogP contribution in [0.15, 0.2) is 48.9 Å². The predicted molar refractivity (Wildman–Crippen MR) is 98.8 cm³/mol. The van der Waals surface area contributed by atoms with Crippen molar-refractivity contribution in [1.29, 1.82) is 0 Å². The minimum Gasteiger partial charge on any atom is -0.391 e. The Bertz CT molecular complexity index is 907. The van der Waals surface area contributed by atoms with E-state index >= 15 is 0 Å².